The lowest BCUT2D eigenvalue weighted by molar-refractivity contribution is 0.584. The second-order valence-corrected chi connectivity index (χ2v) is 15.1. The van der Waals surface area contributed by atoms with Crippen LogP contribution in [0.3, 0.4) is 0 Å². The monoisotopic (exact) mass is 754 g/mol. The normalized spacial score (nSPS) is 11.7. The molecule has 0 saturated carbocycles. The Hall–Kier alpha value is -8.02. The van der Waals surface area contributed by atoms with Crippen molar-refractivity contribution in [1.29, 1.82) is 0 Å². The Labute approximate surface area is 339 Å². The van der Waals surface area contributed by atoms with Crippen molar-refractivity contribution in [3.05, 3.63) is 206 Å². The fourth-order valence-corrected chi connectivity index (χ4v) is 8.92. The average molecular weight is 755 g/mol. The minimum Gasteiger partial charge on any atom is -0.416 e. The van der Waals surface area contributed by atoms with E-state index in [2.05, 4.69) is 195 Å². The van der Waals surface area contributed by atoms with Gasteiger partial charge in [-0.15, -0.1) is 10.2 Å². The van der Waals surface area contributed by atoms with Gasteiger partial charge >= 0.3 is 0 Å². The van der Waals surface area contributed by atoms with Gasteiger partial charge in [0.25, 0.3) is 0 Å². The second kappa shape index (κ2) is 13.3. The highest BCUT2D eigenvalue weighted by Gasteiger charge is 2.18. The molecule has 0 spiro atoms. The molecule has 59 heavy (non-hydrogen) atoms. The Balaban J connectivity index is 1.02. The highest BCUT2D eigenvalue weighted by molar-refractivity contribution is 6.14. The van der Waals surface area contributed by atoms with Crippen molar-refractivity contribution in [1.82, 2.24) is 19.3 Å². The third kappa shape index (κ3) is 5.40. The molecule has 5 nitrogen and oxygen atoms in total. The van der Waals surface area contributed by atoms with Crippen LogP contribution in [0, 0.1) is 0 Å². The molecule has 0 fully saturated rings. The van der Waals surface area contributed by atoms with Crippen molar-refractivity contribution in [2.75, 3.05) is 0 Å². The highest BCUT2D eigenvalue weighted by Crippen LogP contribution is 2.40. The third-order valence-electron chi connectivity index (χ3n) is 11.7. The van der Waals surface area contributed by atoms with E-state index in [0.717, 1.165) is 33.5 Å². The van der Waals surface area contributed by atoms with Gasteiger partial charge in [0.15, 0.2) is 0 Å². The molecule has 0 saturated heterocycles. The molecule has 0 bridgehead atoms. The zero-order chi connectivity index (χ0) is 38.9. The molecule has 0 aliphatic carbocycles. The van der Waals surface area contributed by atoms with Gasteiger partial charge < -0.3 is 13.6 Å². The third-order valence-corrected chi connectivity index (χ3v) is 11.7. The Kier molecular flexibility index (Phi) is 7.47. The molecule has 0 aliphatic heterocycles. The highest BCUT2D eigenvalue weighted by atomic mass is 16.4. The molecule has 0 atom stereocenters. The number of hydrogen-bond donors (Lipinski definition) is 0. The predicted molar refractivity (Wildman–Crippen MR) is 242 cm³/mol. The lowest BCUT2D eigenvalue weighted by atomic mass is 9.96. The van der Waals surface area contributed by atoms with E-state index in [9.17, 15) is 0 Å². The van der Waals surface area contributed by atoms with Crippen molar-refractivity contribution in [2.45, 2.75) is 0 Å². The molecule has 9 aromatic carbocycles. The SMILES string of the molecule is c1ccc(-c2nnc(-c3ccc(-n4c5ccc(-c6ccc7c(c6)c6ccccc6n7-c6ccccc6)cc5c5cc(-c6cccc7ccccc67)ccc54)cc3)o2)cc1. The van der Waals surface area contributed by atoms with Crippen LogP contribution >= 0.6 is 0 Å². The van der Waals surface area contributed by atoms with Crippen LogP contribution in [0.1, 0.15) is 0 Å². The van der Waals surface area contributed by atoms with Gasteiger partial charge in [0.05, 0.1) is 22.1 Å². The molecule has 0 amide bonds. The number of para-hydroxylation sites is 2. The zero-order valence-corrected chi connectivity index (χ0v) is 31.8. The second-order valence-electron chi connectivity index (χ2n) is 15.1. The maximum atomic E-state index is 6.11. The zero-order valence-electron chi connectivity index (χ0n) is 31.8. The topological polar surface area (TPSA) is 48.8 Å². The molecule has 12 rings (SSSR count). The van der Waals surface area contributed by atoms with E-state index in [-0.39, 0.29) is 0 Å². The van der Waals surface area contributed by atoms with Crippen LogP contribution in [-0.4, -0.2) is 19.3 Å². The van der Waals surface area contributed by atoms with Gasteiger partial charge in [-0.3, -0.25) is 0 Å². The Morgan fingerprint density at radius 3 is 1.44 bits per heavy atom. The summed E-state index contributed by atoms with van der Waals surface area (Å²) in [5.41, 5.74) is 13.4. The largest absolute Gasteiger partial charge is 0.416 e. The number of benzene rings is 9. The van der Waals surface area contributed by atoms with E-state index in [0.29, 0.717) is 11.8 Å². The fourth-order valence-electron chi connectivity index (χ4n) is 8.92. The summed E-state index contributed by atoms with van der Waals surface area (Å²) < 4.78 is 10.8. The molecule has 5 heteroatoms. The summed E-state index contributed by atoms with van der Waals surface area (Å²) in [5.74, 6) is 0.997. The number of hydrogen-bond acceptors (Lipinski definition) is 3. The van der Waals surface area contributed by atoms with Crippen LogP contribution < -0.4 is 0 Å². The van der Waals surface area contributed by atoms with E-state index in [1.165, 1.54) is 65.6 Å². The first-order valence-electron chi connectivity index (χ1n) is 19.9. The molecular weight excluding hydrogens is 721 g/mol. The number of fused-ring (bicyclic) bond motifs is 7. The van der Waals surface area contributed by atoms with Crippen LogP contribution in [0.5, 0.6) is 0 Å². The molecular formula is C54H34N4O. The molecule has 3 heterocycles. The van der Waals surface area contributed by atoms with Gasteiger partial charge in [-0.1, -0.05) is 115 Å². The molecule has 0 N–H and O–H groups in total. The van der Waals surface area contributed by atoms with Crippen molar-refractivity contribution in [3.8, 4) is 56.5 Å². The number of rotatable bonds is 6. The summed E-state index contributed by atoms with van der Waals surface area (Å²) in [6.07, 6.45) is 0. The first kappa shape index (κ1) is 33.2. The summed E-state index contributed by atoms with van der Waals surface area (Å²) in [4.78, 5) is 0. The summed E-state index contributed by atoms with van der Waals surface area (Å²) in [7, 11) is 0. The van der Waals surface area contributed by atoms with Crippen LogP contribution in [0.15, 0.2) is 211 Å². The minimum absolute atomic E-state index is 0.492. The first-order chi connectivity index (χ1) is 29.2. The molecule has 0 aliphatic rings. The summed E-state index contributed by atoms with van der Waals surface area (Å²) in [5, 5.41) is 16.1. The van der Waals surface area contributed by atoms with Gasteiger partial charge in [-0.25, -0.2) is 0 Å². The van der Waals surface area contributed by atoms with Crippen LogP contribution in [0.4, 0.5) is 0 Å². The van der Waals surface area contributed by atoms with E-state index < -0.39 is 0 Å². The number of aromatic nitrogens is 4. The van der Waals surface area contributed by atoms with E-state index in [1.54, 1.807) is 0 Å². The van der Waals surface area contributed by atoms with Gasteiger partial charge in [0, 0.05) is 44.0 Å². The summed E-state index contributed by atoms with van der Waals surface area (Å²) in [6, 6.07) is 73.5. The van der Waals surface area contributed by atoms with Gasteiger partial charge in [0.1, 0.15) is 0 Å². The predicted octanol–water partition coefficient (Wildman–Crippen LogP) is 14.1. The van der Waals surface area contributed by atoms with E-state index in [4.69, 9.17) is 4.42 Å². The van der Waals surface area contributed by atoms with Crippen LogP contribution in [0.2, 0.25) is 0 Å². The van der Waals surface area contributed by atoms with Crippen molar-refractivity contribution in [3.63, 3.8) is 0 Å². The maximum Gasteiger partial charge on any atom is 0.248 e. The van der Waals surface area contributed by atoms with Crippen LogP contribution in [0.25, 0.3) is 111 Å². The smallest absolute Gasteiger partial charge is 0.248 e. The summed E-state index contributed by atoms with van der Waals surface area (Å²) >= 11 is 0. The van der Waals surface area contributed by atoms with Crippen LogP contribution in [-0.2, 0) is 0 Å². The van der Waals surface area contributed by atoms with Crippen molar-refractivity contribution in [2.24, 2.45) is 0 Å². The quantitative estimate of drug-likeness (QED) is 0.170. The lowest BCUT2D eigenvalue weighted by Crippen LogP contribution is -1.94. The Morgan fingerprint density at radius 1 is 0.305 bits per heavy atom. The van der Waals surface area contributed by atoms with Crippen molar-refractivity contribution < 1.29 is 4.42 Å². The number of nitrogens with zero attached hydrogens (tertiary/aromatic N) is 4. The molecule has 3 aromatic heterocycles. The van der Waals surface area contributed by atoms with Crippen molar-refractivity contribution >= 4 is 54.4 Å². The fraction of sp³-hybridized carbons (Fsp3) is 0. The molecule has 276 valence electrons. The maximum absolute atomic E-state index is 6.11. The van der Waals surface area contributed by atoms with Gasteiger partial charge in [-0.2, -0.15) is 0 Å². The van der Waals surface area contributed by atoms with Gasteiger partial charge in [-0.05, 0) is 124 Å². The summed E-state index contributed by atoms with van der Waals surface area (Å²) in [6.45, 7) is 0. The molecule has 12 aromatic rings. The van der Waals surface area contributed by atoms with E-state index >= 15 is 0 Å². The molecule has 0 unspecified atom stereocenters. The lowest BCUT2D eigenvalue weighted by Gasteiger charge is -2.10. The Morgan fingerprint density at radius 2 is 0.763 bits per heavy atom. The van der Waals surface area contributed by atoms with E-state index in [1.807, 2.05) is 30.3 Å². The first-order valence-corrected chi connectivity index (χ1v) is 19.9. The Bertz CT molecular complexity index is 3540. The minimum atomic E-state index is 0.492. The average Bonchev–Trinajstić information content (AvgIpc) is 4.02. The molecule has 0 radical (unpaired) electrons. The van der Waals surface area contributed by atoms with Gasteiger partial charge in [0.2, 0.25) is 11.8 Å². The standard InChI is InChI=1S/C54H34N4O/c1-3-13-36(14-4-1)53-55-56-54(59-53)37-22-27-42(28-23-37)58-51-30-25-39(33-47(51)48-34-40(26-31-52(48)58)44-20-11-15-35-12-7-8-18-43(35)44)38-24-29-50-46(32-38)45-19-9-10-21-49(45)57(50)41-16-5-2-6-17-41/h1-34H.